The number of hydrogen-bond acceptors (Lipinski definition) is 2. The van der Waals surface area contributed by atoms with Crippen LogP contribution in [0, 0.1) is 0 Å². The molecule has 4 rings (SSSR count). The maximum atomic E-state index is 6.33. The summed E-state index contributed by atoms with van der Waals surface area (Å²) in [6.45, 7) is 1.48. The number of nitrogens with zero attached hydrogens (tertiary/aromatic N) is 1. The largest absolute Gasteiger partial charge is 0.309 e. The van der Waals surface area contributed by atoms with E-state index in [4.69, 9.17) is 11.6 Å². The first-order chi connectivity index (χ1) is 12.8. The van der Waals surface area contributed by atoms with Crippen LogP contribution in [0.25, 0.3) is 21.9 Å². The normalized spacial score (nSPS) is 11.0. The van der Waals surface area contributed by atoms with E-state index in [9.17, 15) is 0 Å². The topological polar surface area (TPSA) is 24.9 Å². The number of aromatic nitrogens is 1. The first kappa shape index (κ1) is 16.8. The maximum absolute atomic E-state index is 6.33. The van der Waals surface area contributed by atoms with Crippen LogP contribution in [0.3, 0.4) is 0 Å². The second-order valence-corrected chi connectivity index (χ2v) is 6.65. The van der Waals surface area contributed by atoms with Crippen LogP contribution in [0.1, 0.15) is 11.1 Å². The first-order valence-electron chi connectivity index (χ1n) is 8.68. The third-order valence-electron chi connectivity index (χ3n) is 4.50. The van der Waals surface area contributed by atoms with E-state index < -0.39 is 0 Å². The predicted molar refractivity (Wildman–Crippen MR) is 109 cm³/mol. The minimum atomic E-state index is 0.551. The molecule has 1 heterocycles. The fraction of sp³-hybridized carbons (Fsp3) is 0.0870. The van der Waals surface area contributed by atoms with Crippen LogP contribution in [-0.2, 0) is 13.1 Å². The molecule has 0 aliphatic heterocycles. The van der Waals surface area contributed by atoms with E-state index in [-0.39, 0.29) is 0 Å². The molecule has 0 aliphatic rings. The molecule has 1 aromatic heterocycles. The van der Waals surface area contributed by atoms with Gasteiger partial charge in [-0.1, -0.05) is 84.4 Å². The Labute approximate surface area is 158 Å². The summed E-state index contributed by atoms with van der Waals surface area (Å²) in [7, 11) is 0. The van der Waals surface area contributed by atoms with Gasteiger partial charge in [-0.15, -0.1) is 0 Å². The lowest BCUT2D eigenvalue weighted by atomic mass is 9.98. The van der Waals surface area contributed by atoms with E-state index in [1.54, 1.807) is 0 Å². The van der Waals surface area contributed by atoms with Gasteiger partial charge in [0.25, 0.3) is 0 Å². The molecule has 0 unspecified atom stereocenters. The Bertz CT molecular complexity index is 1020. The number of fused-ring (bicyclic) bond motifs is 1. The predicted octanol–water partition coefficient (Wildman–Crippen LogP) is 5.85. The van der Waals surface area contributed by atoms with E-state index in [2.05, 4.69) is 71.0 Å². The Balaban J connectivity index is 1.59. The minimum Gasteiger partial charge on any atom is -0.309 e. The van der Waals surface area contributed by atoms with Gasteiger partial charge in [-0.25, -0.2) is 4.98 Å². The number of nitrogens with one attached hydrogen (secondary N) is 1. The molecule has 1 N–H and O–H groups in total. The van der Waals surface area contributed by atoms with Gasteiger partial charge in [-0.3, -0.25) is 0 Å². The van der Waals surface area contributed by atoms with Gasteiger partial charge in [0.1, 0.15) is 5.15 Å². The number of benzene rings is 3. The van der Waals surface area contributed by atoms with Crippen molar-refractivity contribution in [1.82, 2.24) is 10.3 Å². The molecule has 0 saturated carbocycles. The first-order valence-corrected chi connectivity index (χ1v) is 9.06. The van der Waals surface area contributed by atoms with Crippen LogP contribution in [0.4, 0.5) is 0 Å². The van der Waals surface area contributed by atoms with Crippen LogP contribution in [0.5, 0.6) is 0 Å². The van der Waals surface area contributed by atoms with Crippen molar-refractivity contribution in [2.75, 3.05) is 0 Å². The zero-order chi connectivity index (χ0) is 17.8. The van der Waals surface area contributed by atoms with Gasteiger partial charge in [0, 0.05) is 30.4 Å². The second kappa shape index (κ2) is 7.69. The number of halogens is 1. The zero-order valence-corrected chi connectivity index (χ0v) is 15.1. The molecular formula is C23H19ClN2. The number of hydrogen-bond donors (Lipinski definition) is 1. The maximum Gasteiger partial charge on any atom is 0.133 e. The van der Waals surface area contributed by atoms with Crippen molar-refractivity contribution in [2.45, 2.75) is 13.1 Å². The van der Waals surface area contributed by atoms with Crippen LogP contribution in [-0.4, -0.2) is 4.98 Å². The molecule has 2 nitrogen and oxygen atoms in total. The SMILES string of the molecule is Clc1ncc(-c2cccc3ccccc23)cc1CNCc1ccccc1. The van der Waals surface area contributed by atoms with Crippen LogP contribution >= 0.6 is 11.6 Å². The third-order valence-corrected chi connectivity index (χ3v) is 4.84. The summed E-state index contributed by atoms with van der Waals surface area (Å²) in [5, 5.41) is 6.45. The van der Waals surface area contributed by atoms with Crippen molar-refractivity contribution < 1.29 is 0 Å². The smallest absolute Gasteiger partial charge is 0.133 e. The summed E-state index contributed by atoms with van der Waals surface area (Å²) in [6.07, 6.45) is 1.85. The quantitative estimate of drug-likeness (QED) is 0.453. The van der Waals surface area contributed by atoms with E-state index >= 15 is 0 Å². The van der Waals surface area contributed by atoms with Gasteiger partial charge in [0.05, 0.1) is 0 Å². The van der Waals surface area contributed by atoms with Crippen LogP contribution in [0.15, 0.2) is 85.1 Å². The molecule has 128 valence electrons. The molecule has 4 aromatic rings. The highest BCUT2D eigenvalue weighted by Gasteiger charge is 2.08. The summed E-state index contributed by atoms with van der Waals surface area (Å²) in [6, 6.07) is 27.2. The lowest BCUT2D eigenvalue weighted by Gasteiger charge is -2.11. The van der Waals surface area contributed by atoms with Crippen LogP contribution in [0.2, 0.25) is 5.15 Å². The summed E-state index contributed by atoms with van der Waals surface area (Å²) < 4.78 is 0. The zero-order valence-electron chi connectivity index (χ0n) is 14.3. The molecule has 3 heteroatoms. The van der Waals surface area contributed by atoms with Crippen molar-refractivity contribution in [3.63, 3.8) is 0 Å². The molecule has 0 amide bonds. The molecule has 0 radical (unpaired) electrons. The Morgan fingerprint density at radius 3 is 2.46 bits per heavy atom. The monoisotopic (exact) mass is 358 g/mol. The molecule has 0 aliphatic carbocycles. The average Bonchev–Trinajstić information content (AvgIpc) is 2.70. The van der Waals surface area contributed by atoms with Crippen molar-refractivity contribution in [1.29, 1.82) is 0 Å². The van der Waals surface area contributed by atoms with Gasteiger partial charge in [0.15, 0.2) is 0 Å². The van der Waals surface area contributed by atoms with Gasteiger partial charge in [-0.05, 0) is 28.0 Å². The van der Waals surface area contributed by atoms with Crippen molar-refractivity contribution in [2.24, 2.45) is 0 Å². The molecule has 0 atom stereocenters. The van der Waals surface area contributed by atoms with E-state index in [0.717, 1.165) is 17.7 Å². The lowest BCUT2D eigenvalue weighted by Crippen LogP contribution is -2.13. The average molecular weight is 359 g/mol. The Hall–Kier alpha value is -2.68. The molecule has 3 aromatic carbocycles. The highest BCUT2D eigenvalue weighted by molar-refractivity contribution is 6.30. The lowest BCUT2D eigenvalue weighted by molar-refractivity contribution is 0.692. The van der Waals surface area contributed by atoms with Crippen molar-refractivity contribution >= 4 is 22.4 Å². The second-order valence-electron chi connectivity index (χ2n) is 6.29. The van der Waals surface area contributed by atoms with E-state index in [1.807, 2.05) is 24.4 Å². The molecule has 0 spiro atoms. The minimum absolute atomic E-state index is 0.551. The fourth-order valence-electron chi connectivity index (χ4n) is 3.18. The Kier molecular flexibility index (Phi) is 4.96. The summed E-state index contributed by atoms with van der Waals surface area (Å²) >= 11 is 6.33. The van der Waals surface area contributed by atoms with E-state index in [1.165, 1.54) is 21.9 Å². The molecular weight excluding hydrogens is 340 g/mol. The third kappa shape index (κ3) is 3.62. The molecule has 26 heavy (non-hydrogen) atoms. The van der Waals surface area contributed by atoms with Crippen molar-refractivity contribution in [3.8, 4) is 11.1 Å². The highest BCUT2D eigenvalue weighted by Crippen LogP contribution is 2.30. The standard InChI is InChI=1S/C23H19ClN2/c24-23-20(15-25-14-17-7-2-1-3-8-17)13-19(16-26-23)22-12-6-10-18-9-4-5-11-21(18)22/h1-13,16,25H,14-15H2. The van der Waals surface area contributed by atoms with Gasteiger partial charge in [-0.2, -0.15) is 0 Å². The molecule has 0 bridgehead atoms. The molecule has 0 saturated heterocycles. The summed E-state index contributed by atoms with van der Waals surface area (Å²) in [4.78, 5) is 4.41. The Morgan fingerprint density at radius 1 is 0.808 bits per heavy atom. The summed E-state index contributed by atoms with van der Waals surface area (Å²) in [5.74, 6) is 0. The highest BCUT2D eigenvalue weighted by atomic mass is 35.5. The van der Waals surface area contributed by atoms with Gasteiger partial charge >= 0.3 is 0 Å². The van der Waals surface area contributed by atoms with Crippen molar-refractivity contribution in [3.05, 3.63) is 101 Å². The van der Waals surface area contributed by atoms with Crippen LogP contribution < -0.4 is 5.32 Å². The Morgan fingerprint density at radius 2 is 1.58 bits per heavy atom. The van der Waals surface area contributed by atoms with E-state index in [0.29, 0.717) is 11.7 Å². The van der Waals surface area contributed by atoms with Gasteiger partial charge in [0.2, 0.25) is 0 Å². The number of rotatable bonds is 5. The van der Waals surface area contributed by atoms with Gasteiger partial charge < -0.3 is 5.32 Å². The molecule has 0 fully saturated rings. The number of pyridine rings is 1. The fourth-order valence-corrected chi connectivity index (χ4v) is 3.35. The summed E-state index contributed by atoms with van der Waals surface area (Å²) in [5.41, 5.74) is 4.52.